The SMILES string of the molecule is Nc1ccc(-c2csc(-c3ccc(O)cc3F)n2)cc1. The summed E-state index contributed by atoms with van der Waals surface area (Å²) in [7, 11) is 0. The van der Waals surface area contributed by atoms with E-state index in [9.17, 15) is 9.50 Å². The van der Waals surface area contributed by atoms with Crippen LogP contribution in [0.3, 0.4) is 0 Å². The van der Waals surface area contributed by atoms with Gasteiger partial charge < -0.3 is 10.8 Å². The Hall–Kier alpha value is -2.40. The molecule has 5 heteroatoms. The molecule has 3 nitrogen and oxygen atoms in total. The van der Waals surface area contributed by atoms with Crippen molar-refractivity contribution in [1.82, 2.24) is 4.98 Å². The molecule has 100 valence electrons. The first-order chi connectivity index (χ1) is 9.63. The number of hydrogen-bond acceptors (Lipinski definition) is 4. The molecule has 0 amide bonds. The van der Waals surface area contributed by atoms with Gasteiger partial charge in [0.05, 0.1) is 5.69 Å². The van der Waals surface area contributed by atoms with Crippen molar-refractivity contribution in [3.05, 3.63) is 53.7 Å². The number of thiazole rings is 1. The zero-order valence-electron chi connectivity index (χ0n) is 10.4. The molecule has 0 aliphatic rings. The Balaban J connectivity index is 1.99. The molecule has 2 aromatic carbocycles. The number of aromatic hydroxyl groups is 1. The first-order valence-electron chi connectivity index (χ1n) is 5.94. The lowest BCUT2D eigenvalue weighted by Gasteiger charge is -2.00. The van der Waals surface area contributed by atoms with Crippen LogP contribution in [0, 0.1) is 5.82 Å². The van der Waals surface area contributed by atoms with E-state index < -0.39 is 5.82 Å². The fraction of sp³-hybridized carbons (Fsp3) is 0. The molecule has 0 fully saturated rings. The monoisotopic (exact) mass is 286 g/mol. The highest BCUT2D eigenvalue weighted by atomic mass is 32.1. The van der Waals surface area contributed by atoms with Gasteiger partial charge in [-0.25, -0.2) is 9.37 Å². The van der Waals surface area contributed by atoms with Crippen molar-refractivity contribution >= 4 is 17.0 Å². The molecular formula is C15H11FN2OS. The standard InChI is InChI=1S/C15H11FN2OS/c16-13-7-11(19)5-6-12(13)15-18-14(8-20-15)9-1-3-10(17)4-2-9/h1-8,19H,17H2. The number of hydrogen-bond donors (Lipinski definition) is 2. The number of phenolic OH excluding ortho intramolecular Hbond substituents is 1. The summed E-state index contributed by atoms with van der Waals surface area (Å²) in [5.41, 5.74) is 8.42. The van der Waals surface area contributed by atoms with Gasteiger partial charge >= 0.3 is 0 Å². The summed E-state index contributed by atoms with van der Waals surface area (Å²) >= 11 is 1.36. The predicted octanol–water partition coefficient (Wildman–Crippen LogP) is 3.90. The number of nitrogens with two attached hydrogens (primary N) is 1. The summed E-state index contributed by atoms with van der Waals surface area (Å²) in [6.45, 7) is 0. The van der Waals surface area contributed by atoms with Gasteiger partial charge in [0.1, 0.15) is 16.6 Å². The number of nitrogens with zero attached hydrogens (tertiary/aromatic N) is 1. The highest BCUT2D eigenvalue weighted by molar-refractivity contribution is 7.13. The van der Waals surface area contributed by atoms with Gasteiger partial charge in [0.2, 0.25) is 0 Å². The van der Waals surface area contributed by atoms with Crippen molar-refractivity contribution in [2.75, 3.05) is 5.73 Å². The largest absolute Gasteiger partial charge is 0.508 e. The van der Waals surface area contributed by atoms with E-state index >= 15 is 0 Å². The molecule has 0 aliphatic heterocycles. The Kier molecular flexibility index (Phi) is 3.12. The topological polar surface area (TPSA) is 59.1 Å². The van der Waals surface area contributed by atoms with E-state index in [-0.39, 0.29) is 5.75 Å². The molecule has 0 bridgehead atoms. The number of rotatable bonds is 2. The fourth-order valence-corrected chi connectivity index (χ4v) is 2.72. The zero-order valence-corrected chi connectivity index (χ0v) is 11.2. The molecule has 1 heterocycles. The Morgan fingerprint density at radius 1 is 1.10 bits per heavy atom. The van der Waals surface area contributed by atoms with E-state index in [1.807, 2.05) is 17.5 Å². The molecule has 20 heavy (non-hydrogen) atoms. The summed E-state index contributed by atoms with van der Waals surface area (Å²) < 4.78 is 13.8. The molecule has 0 radical (unpaired) electrons. The molecule has 0 saturated heterocycles. The van der Waals surface area contributed by atoms with Crippen molar-refractivity contribution in [3.63, 3.8) is 0 Å². The van der Waals surface area contributed by atoms with Gasteiger partial charge in [0.25, 0.3) is 0 Å². The van der Waals surface area contributed by atoms with Crippen molar-refractivity contribution in [2.45, 2.75) is 0 Å². The van der Waals surface area contributed by atoms with Crippen LogP contribution in [0.4, 0.5) is 10.1 Å². The van der Waals surface area contributed by atoms with Crippen LogP contribution in [0.2, 0.25) is 0 Å². The molecular weight excluding hydrogens is 275 g/mol. The number of nitrogen functional groups attached to an aromatic ring is 1. The highest BCUT2D eigenvalue weighted by Crippen LogP contribution is 2.31. The second-order valence-electron chi connectivity index (χ2n) is 4.32. The van der Waals surface area contributed by atoms with Crippen molar-refractivity contribution in [3.8, 4) is 27.6 Å². The minimum atomic E-state index is -0.483. The fourth-order valence-electron chi connectivity index (χ4n) is 1.86. The maximum atomic E-state index is 13.8. The van der Waals surface area contributed by atoms with Crippen LogP contribution in [-0.2, 0) is 0 Å². The first kappa shape index (κ1) is 12.6. The number of anilines is 1. The minimum Gasteiger partial charge on any atom is -0.508 e. The van der Waals surface area contributed by atoms with E-state index in [1.54, 1.807) is 12.1 Å². The molecule has 0 spiro atoms. The molecule has 3 N–H and O–H groups in total. The van der Waals surface area contributed by atoms with E-state index in [0.29, 0.717) is 16.3 Å². The average Bonchev–Trinajstić information content (AvgIpc) is 2.89. The van der Waals surface area contributed by atoms with Crippen LogP contribution in [-0.4, -0.2) is 10.1 Å². The molecule has 0 unspecified atom stereocenters. The summed E-state index contributed by atoms with van der Waals surface area (Å²) in [6.07, 6.45) is 0. The van der Waals surface area contributed by atoms with Gasteiger partial charge in [-0.1, -0.05) is 12.1 Å². The van der Waals surface area contributed by atoms with Crippen LogP contribution >= 0.6 is 11.3 Å². The van der Waals surface area contributed by atoms with Crippen molar-refractivity contribution < 1.29 is 9.50 Å². The lowest BCUT2D eigenvalue weighted by molar-refractivity contribution is 0.469. The van der Waals surface area contributed by atoms with Crippen molar-refractivity contribution in [2.24, 2.45) is 0 Å². The quantitative estimate of drug-likeness (QED) is 0.702. The number of benzene rings is 2. The number of halogens is 1. The third-order valence-corrected chi connectivity index (χ3v) is 3.77. The maximum absolute atomic E-state index is 13.8. The lowest BCUT2D eigenvalue weighted by atomic mass is 10.1. The van der Waals surface area contributed by atoms with Crippen molar-refractivity contribution in [1.29, 1.82) is 0 Å². The molecule has 0 atom stereocenters. The van der Waals surface area contributed by atoms with Crippen LogP contribution in [0.1, 0.15) is 0 Å². The first-order valence-corrected chi connectivity index (χ1v) is 6.82. The Labute approximate surface area is 119 Å². The smallest absolute Gasteiger partial charge is 0.137 e. The molecule has 0 aliphatic carbocycles. The maximum Gasteiger partial charge on any atom is 0.137 e. The average molecular weight is 286 g/mol. The van der Waals surface area contributed by atoms with Gasteiger partial charge in [0.15, 0.2) is 0 Å². The van der Waals surface area contributed by atoms with E-state index in [0.717, 1.165) is 17.3 Å². The Morgan fingerprint density at radius 3 is 2.55 bits per heavy atom. The van der Waals surface area contributed by atoms with E-state index in [1.165, 1.54) is 23.5 Å². The summed E-state index contributed by atoms with van der Waals surface area (Å²) in [6, 6.07) is 11.4. The third-order valence-electron chi connectivity index (χ3n) is 2.89. The minimum absolute atomic E-state index is 0.0958. The second kappa shape index (κ2) is 4.94. The van der Waals surface area contributed by atoms with Crippen LogP contribution in [0.25, 0.3) is 21.8 Å². The Morgan fingerprint density at radius 2 is 1.85 bits per heavy atom. The van der Waals surface area contributed by atoms with Crippen LogP contribution in [0.15, 0.2) is 47.8 Å². The molecule has 0 saturated carbocycles. The Bertz CT molecular complexity index is 753. The number of aromatic nitrogens is 1. The number of phenols is 1. The predicted molar refractivity (Wildman–Crippen MR) is 79.0 cm³/mol. The molecule has 3 aromatic rings. The van der Waals surface area contributed by atoms with Gasteiger partial charge in [0, 0.05) is 28.3 Å². The van der Waals surface area contributed by atoms with E-state index in [2.05, 4.69) is 4.98 Å². The van der Waals surface area contributed by atoms with Gasteiger partial charge in [-0.05, 0) is 24.3 Å². The summed E-state index contributed by atoms with van der Waals surface area (Å²) in [5, 5.41) is 11.7. The van der Waals surface area contributed by atoms with Gasteiger partial charge in [-0.2, -0.15) is 0 Å². The second-order valence-corrected chi connectivity index (χ2v) is 5.18. The van der Waals surface area contributed by atoms with Crippen LogP contribution < -0.4 is 5.73 Å². The summed E-state index contributed by atoms with van der Waals surface area (Å²) in [4.78, 5) is 4.43. The molecule has 1 aromatic heterocycles. The van der Waals surface area contributed by atoms with Gasteiger partial charge in [-0.15, -0.1) is 11.3 Å². The summed E-state index contributed by atoms with van der Waals surface area (Å²) in [5.74, 6) is -0.579. The van der Waals surface area contributed by atoms with E-state index in [4.69, 9.17) is 5.73 Å². The van der Waals surface area contributed by atoms with Gasteiger partial charge in [-0.3, -0.25) is 0 Å². The van der Waals surface area contributed by atoms with Crippen LogP contribution in [0.5, 0.6) is 5.75 Å². The highest BCUT2D eigenvalue weighted by Gasteiger charge is 2.11. The normalized spacial score (nSPS) is 10.7. The zero-order chi connectivity index (χ0) is 14.1. The lowest BCUT2D eigenvalue weighted by Crippen LogP contribution is -1.85. The molecule has 3 rings (SSSR count). The third kappa shape index (κ3) is 2.35.